The van der Waals surface area contributed by atoms with Gasteiger partial charge in [-0.3, -0.25) is 4.79 Å². The molecule has 1 spiro atoms. The molecule has 4 saturated carbocycles. The Hall–Kier alpha value is -1.92. The van der Waals surface area contributed by atoms with E-state index >= 15 is 0 Å². The number of hydrogen-bond donors (Lipinski definition) is 0. The van der Waals surface area contributed by atoms with E-state index in [1.807, 2.05) is 44.2 Å². The summed E-state index contributed by atoms with van der Waals surface area (Å²) in [6, 6.07) is 9.56. The first-order valence-corrected chi connectivity index (χ1v) is 18.2. The lowest BCUT2D eigenvalue weighted by atomic mass is 9.39. The van der Waals surface area contributed by atoms with Gasteiger partial charge in [-0.2, -0.15) is 0 Å². The summed E-state index contributed by atoms with van der Waals surface area (Å²) in [5.74, 6) is 1.93. The normalized spacial score (nSPS) is 39.7. The molecule has 10 atom stereocenters. The van der Waals surface area contributed by atoms with Crippen molar-refractivity contribution in [2.75, 3.05) is 19.8 Å². The number of carbonyl (C=O) groups is 2. The summed E-state index contributed by atoms with van der Waals surface area (Å²) >= 11 is 0. The summed E-state index contributed by atoms with van der Waals surface area (Å²) in [6.45, 7) is 15.7. The Morgan fingerprint density at radius 1 is 0.933 bits per heavy atom. The second-order valence-electron chi connectivity index (χ2n) is 16.4. The molecule has 0 N–H and O–H groups in total. The molecule has 0 radical (unpaired) electrons. The first kappa shape index (κ1) is 33.0. The average Bonchev–Trinajstić information content (AvgIpc) is 3.62. The molecule has 5 fully saturated rings. The van der Waals surface area contributed by atoms with Crippen LogP contribution in [0.1, 0.15) is 123 Å². The second kappa shape index (κ2) is 12.6. The van der Waals surface area contributed by atoms with Crippen molar-refractivity contribution in [2.24, 2.45) is 51.8 Å². The van der Waals surface area contributed by atoms with Crippen LogP contribution < -0.4 is 0 Å². The SMILES string of the molecule is CCOC(=O)C(C)CCC[C@@H](C)C1CCC2C3C(CC[C@@]21C)C1(C)CCC2(C[C@]1(C)C[C@H]3OC(=O)c1ccccc1)OCCO2. The van der Waals surface area contributed by atoms with Crippen molar-refractivity contribution in [1.29, 1.82) is 0 Å². The Labute approximate surface area is 271 Å². The lowest BCUT2D eigenvalue weighted by Gasteiger charge is -2.67. The molecule has 1 aromatic carbocycles. The monoisotopic (exact) mass is 622 g/mol. The zero-order valence-electron chi connectivity index (χ0n) is 28.8. The van der Waals surface area contributed by atoms with Gasteiger partial charge in [-0.05, 0) is 104 Å². The predicted molar refractivity (Wildman–Crippen MR) is 174 cm³/mol. The van der Waals surface area contributed by atoms with Gasteiger partial charge in [-0.1, -0.05) is 65.7 Å². The topological polar surface area (TPSA) is 71.1 Å². The molecular weight excluding hydrogens is 564 g/mol. The summed E-state index contributed by atoms with van der Waals surface area (Å²) in [6.07, 6.45) is 11.7. The summed E-state index contributed by atoms with van der Waals surface area (Å²) in [5.41, 5.74) is 1.00. The molecule has 1 heterocycles. The maximum atomic E-state index is 13.7. The van der Waals surface area contributed by atoms with Gasteiger partial charge in [0.2, 0.25) is 0 Å². The van der Waals surface area contributed by atoms with E-state index in [1.165, 1.54) is 25.7 Å². The maximum absolute atomic E-state index is 13.7. The fourth-order valence-corrected chi connectivity index (χ4v) is 11.6. The van der Waals surface area contributed by atoms with Crippen LogP contribution in [0.3, 0.4) is 0 Å². The van der Waals surface area contributed by atoms with Crippen LogP contribution in [0.4, 0.5) is 0 Å². The van der Waals surface area contributed by atoms with Gasteiger partial charge >= 0.3 is 11.9 Å². The third-order valence-corrected chi connectivity index (χ3v) is 14.1. The first-order valence-electron chi connectivity index (χ1n) is 18.2. The highest BCUT2D eigenvalue weighted by atomic mass is 16.7. The average molecular weight is 623 g/mol. The van der Waals surface area contributed by atoms with Gasteiger partial charge in [0.25, 0.3) is 0 Å². The maximum Gasteiger partial charge on any atom is 0.338 e. The molecule has 0 bridgehead atoms. The van der Waals surface area contributed by atoms with Crippen molar-refractivity contribution >= 4 is 11.9 Å². The van der Waals surface area contributed by atoms with Crippen LogP contribution in [0.15, 0.2) is 30.3 Å². The summed E-state index contributed by atoms with van der Waals surface area (Å²) < 4.78 is 24.5. The lowest BCUT2D eigenvalue weighted by molar-refractivity contribution is -0.272. The predicted octanol–water partition coefficient (Wildman–Crippen LogP) is 8.62. The Kier molecular flexibility index (Phi) is 9.24. The van der Waals surface area contributed by atoms with Gasteiger partial charge in [0.15, 0.2) is 5.79 Å². The van der Waals surface area contributed by atoms with Gasteiger partial charge in [0.1, 0.15) is 6.10 Å². The number of benzene rings is 1. The minimum absolute atomic E-state index is 0.0347. The Bertz CT molecular complexity index is 1210. The standard InChI is InChI=1S/C39H58O6/c1-7-42-34(40)27(3)13-11-12-26(2)29-16-17-30-33-31(18-19-37(29,30)5)38(6)20-21-39(43-22-23-44-39)25-36(38,4)24-32(33)45-35(41)28-14-9-8-10-15-28/h8-10,14-15,26-27,29-33H,7,11-13,16-25H2,1-6H3/t26-,27?,29?,30?,31?,32-,33?,36+,37-,38?/m1/s1. The van der Waals surface area contributed by atoms with Gasteiger partial charge in [-0.25, -0.2) is 4.79 Å². The van der Waals surface area contributed by atoms with Crippen LogP contribution in [0.25, 0.3) is 0 Å². The highest BCUT2D eigenvalue weighted by Crippen LogP contribution is 2.72. The van der Waals surface area contributed by atoms with E-state index in [4.69, 9.17) is 18.9 Å². The number of carbonyl (C=O) groups excluding carboxylic acids is 2. The van der Waals surface area contributed by atoms with E-state index in [2.05, 4.69) is 27.7 Å². The molecule has 6 rings (SSSR count). The van der Waals surface area contributed by atoms with Crippen LogP contribution >= 0.6 is 0 Å². The molecule has 250 valence electrons. The van der Waals surface area contributed by atoms with Crippen molar-refractivity contribution < 1.29 is 28.5 Å². The van der Waals surface area contributed by atoms with E-state index in [-0.39, 0.29) is 40.2 Å². The van der Waals surface area contributed by atoms with E-state index in [1.54, 1.807) is 0 Å². The molecule has 45 heavy (non-hydrogen) atoms. The van der Waals surface area contributed by atoms with Crippen molar-refractivity contribution in [1.82, 2.24) is 0 Å². The molecule has 4 aliphatic carbocycles. The minimum atomic E-state index is -0.475. The summed E-state index contributed by atoms with van der Waals surface area (Å²) in [4.78, 5) is 25.9. The van der Waals surface area contributed by atoms with Crippen molar-refractivity contribution in [2.45, 2.75) is 124 Å². The van der Waals surface area contributed by atoms with Crippen LogP contribution in [-0.2, 0) is 23.7 Å². The molecule has 6 nitrogen and oxygen atoms in total. The molecule has 1 aliphatic heterocycles. The van der Waals surface area contributed by atoms with Crippen LogP contribution in [0.2, 0.25) is 0 Å². The van der Waals surface area contributed by atoms with E-state index in [0.29, 0.717) is 55.0 Å². The largest absolute Gasteiger partial charge is 0.466 e. The number of esters is 2. The van der Waals surface area contributed by atoms with E-state index in [9.17, 15) is 9.59 Å². The van der Waals surface area contributed by atoms with Crippen LogP contribution in [-0.4, -0.2) is 43.7 Å². The van der Waals surface area contributed by atoms with Gasteiger partial charge in [-0.15, -0.1) is 0 Å². The van der Waals surface area contributed by atoms with Crippen LogP contribution in [0, 0.1) is 51.8 Å². The van der Waals surface area contributed by atoms with Crippen molar-refractivity contribution in [3.8, 4) is 0 Å². The molecule has 0 amide bonds. The fourth-order valence-electron chi connectivity index (χ4n) is 11.6. The highest BCUT2D eigenvalue weighted by molar-refractivity contribution is 5.89. The smallest absolute Gasteiger partial charge is 0.338 e. The quantitative estimate of drug-likeness (QED) is 0.257. The zero-order valence-corrected chi connectivity index (χ0v) is 28.8. The van der Waals surface area contributed by atoms with Crippen molar-refractivity contribution in [3.63, 3.8) is 0 Å². The number of fused-ring (bicyclic) bond motifs is 5. The third-order valence-electron chi connectivity index (χ3n) is 14.1. The number of hydrogen-bond acceptors (Lipinski definition) is 6. The Morgan fingerprint density at radius 2 is 1.67 bits per heavy atom. The molecule has 5 aliphatic rings. The van der Waals surface area contributed by atoms with Crippen molar-refractivity contribution in [3.05, 3.63) is 35.9 Å². The first-order chi connectivity index (χ1) is 21.5. The molecule has 6 heteroatoms. The third kappa shape index (κ3) is 5.79. The second-order valence-corrected chi connectivity index (χ2v) is 16.4. The zero-order chi connectivity index (χ0) is 32.0. The fraction of sp³-hybridized carbons (Fsp3) is 0.795. The number of rotatable bonds is 9. The molecule has 1 aromatic rings. The van der Waals surface area contributed by atoms with E-state index < -0.39 is 5.79 Å². The lowest BCUT2D eigenvalue weighted by Crippen LogP contribution is -2.64. The Morgan fingerprint density at radius 3 is 2.38 bits per heavy atom. The highest BCUT2D eigenvalue weighted by Gasteiger charge is 2.69. The molecule has 0 aromatic heterocycles. The Balaban J connectivity index is 1.24. The molecule has 1 saturated heterocycles. The molecule has 6 unspecified atom stereocenters. The van der Waals surface area contributed by atoms with Crippen LogP contribution in [0.5, 0.6) is 0 Å². The van der Waals surface area contributed by atoms with Gasteiger partial charge in [0.05, 0.1) is 31.3 Å². The van der Waals surface area contributed by atoms with Gasteiger partial charge in [0, 0.05) is 18.8 Å². The van der Waals surface area contributed by atoms with E-state index in [0.717, 1.165) is 44.9 Å². The molecular formula is C39H58O6. The number of ether oxygens (including phenoxy) is 4. The summed E-state index contributed by atoms with van der Waals surface area (Å²) in [5, 5.41) is 0. The summed E-state index contributed by atoms with van der Waals surface area (Å²) in [7, 11) is 0. The van der Waals surface area contributed by atoms with Gasteiger partial charge < -0.3 is 18.9 Å². The minimum Gasteiger partial charge on any atom is -0.466 e.